The van der Waals surface area contributed by atoms with Crippen molar-refractivity contribution in [1.82, 2.24) is 14.5 Å². The van der Waals surface area contributed by atoms with Crippen LogP contribution in [0, 0.1) is 0 Å². The van der Waals surface area contributed by atoms with Crippen LogP contribution in [0.3, 0.4) is 0 Å². The van der Waals surface area contributed by atoms with Crippen LogP contribution in [0.5, 0.6) is 0 Å². The lowest BCUT2D eigenvalue weighted by molar-refractivity contribution is 0.402. The van der Waals surface area contributed by atoms with Crippen molar-refractivity contribution in [3.8, 4) is 11.4 Å². The number of rotatable bonds is 5. The lowest BCUT2D eigenvalue weighted by atomic mass is 10.1. The van der Waals surface area contributed by atoms with E-state index in [0.29, 0.717) is 6.54 Å². The van der Waals surface area contributed by atoms with E-state index in [0.717, 1.165) is 35.5 Å². The largest absolute Gasteiger partial charge is 0.329 e. The third kappa shape index (κ3) is 2.89. The Morgan fingerprint density at radius 2 is 1.91 bits per heavy atom. The molecule has 0 aliphatic heterocycles. The molecule has 0 fully saturated rings. The molecule has 0 bridgehead atoms. The Hall–Kier alpha value is -2.17. The third-order valence-corrected chi connectivity index (χ3v) is 3.69. The molecular weight excluding hydrogens is 272 g/mol. The molecular formula is C18H22N4. The van der Waals surface area contributed by atoms with E-state index in [9.17, 15) is 0 Å². The second kappa shape index (κ2) is 6.30. The van der Waals surface area contributed by atoms with Gasteiger partial charge >= 0.3 is 0 Å². The Morgan fingerprint density at radius 1 is 1.09 bits per heavy atom. The SMILES string of the molecule is CN(C)Cc1cccc(-c2nc3ccccc3n2CCN)c1. The van der Waals surface area contributed by atoms with E-state index in [-0.39, 0.29) is 0 Å². The summed E-state index contributed by atoms with van der Waals surface area (Å²) in [7, 11) is 4.16. The Bertz CT molecular complexity index is 774. The summed E-state index contributed by atoms with van der Waals surface area (Å²) in [5.41, 5.74) is 10.4. The van der Waals surface area contributed by atoms with Crippen molar-refractivity contribution in [3.63, 3.8) is 0 Å². The molecule has 0 saturated carbocycles. The van der Waals surface area contributed by atoms with Crippen molar-refractivity contribution in [3.05, 3.63) is 54.1 Å². The topological polar surface area (TPSA) is 47.1 Å². The summed E-state index contributed by atoms with van der Waals surface area (Å²) in [4.78, 5) is 6.98. The van der Waals surface area contributed by atoms with Gasteiger partial charge in [0, 0.05) is 25.2 Å². The van der Waals surface area contributed by atoms with Crippen LogP contribution in [-0.2, 0) is 13.1 Å². The van der Waals surface area contributed by atoms with Crippen LogP contribution < -0.4 is 5.73 Å². The monoisotopic (exact) mass is 294 g/mol. The Labute approximate surface area is 131 Å². The Kier molecular flexibility index (Phi) is 4.22. The predicted octanol–water partition coefficient (Wildman–Crippen LogP) is 2.72. The van der Waals surface area contributed by atoms with Crippen molar-refractivity contribution in [2.75, 3.05) is 20.6 Å². The maximum Gasteiger partial charge on any atom is 0.141 e. The first-order chi connectivity index (χ1) is 10.7. The molecule has 0 unspecified atom stereocenters. The average molecular weight is 294 g/mol. The van der Waals surface area contributed by atoms with Crippen molar-refractivity contribution in [2.45, 2.75) is 13.1 Å². The van der Waals surface area contributed by atoms with Crippen molar-refractivity contribution >= 4 is 11.0 Å². The number of hydrogen-bond acceptors (Lipinski definition) is 3. The van der Waals surface area contributed by atoms with E-state index in [1.165, 1.54) is 5.56 Å². The van der Waals surface area contributed by atoms with Crippen LogP contribution in [0.4, 0.5) is 0 Å². The van der Waals surface area contributed by atoms with Crippen molar-refractivity contribution < 1.29 is 0 Å². The lowest BCUT2D eigenvalue weighted by Crippen LogP contribution is -2.12. The molecule has 1 aromatic heterocycles. The maximum atomic E-state index is 5.80. The zero-order valence-corrected chi connectivity index (χ0v) is 13.2. The normalized spacial score (nSPS) is 11.5. The maximum absolute atomic E-state index is 5.80. The molecule has 0 spiro atoms. The molecule has 0 aliphatic rings. The van der Waals surface area contributed by atoms with E-state index in [1.54, 1.807) is 0 Å². The molecule has 0 radical (unpaired) electrons. The number of nitrogens with two attached hydrogens (primary N) is 1. The lowest BCUT2D eigenvalue weighted by Gasteiger charge is -2.12. The van der Waals surface area contributed by atoms with Crippen LogP contribution in [0.15, 0.2) is 48.5 Å². The molecule has 2 N–H and O–H groups in total. The van der Waals surface area contributed by atoms with E-state index in [4.69, 9.17) is 10.7 Å². The van der Waals surface area contributed by atoms with Gasteiger partial charge in [0.25, 0.3) is 0 Å². The van der Waals surface area contributed by atoms with Gasteiger partial charge in [-0.3, -0.25) is 0 Å². The summed E-state index contributed by atoms with van der Waals surface area (Å²) in [6.07, 6.45) is 0. The molecule has 2 aromatic carbocycles. The van der Waals surface area contributed by atoms with Gasteiger partial charge in [0.05, 0.1) is 11.0 Å². The molecule has 114 valence electrons. The van der Waals surface area contributed by atoms with Gasteiger partial charge in [-0.1, -0.05) is 30.3 Å². The summed E-state index contributed by atoms with van der Waals surface area (Å²) >= 11 is 0. The highest BCUT2D eigenvalue weighted by Crippen LogP contribution is 2.25. The molecule has 0 amide bonds. The van der Waals surface area contributed by atoms with E-state index in [1.807, 2.05) is 12.1 Å². The smallest absolute Gasteiger partial charge is 0.141 e. The van der Waals surface area contributed by atoms with Gasteiger partial charge < -0.3 is 15.2 Å². The fraction of sp³-hybridized carbons (Fsp3) is 0.278. The molecule has 4 heteroatoms. The minimum absolute atomic E-state index is 0.602. The molecule has 0 saturated heterocycles. The standard InChI is InChI=1S/C18H22N4/c1-21(2)13-14-6-5-7-15(12-14)18-20-16-8-3-4-9-17(16)22(18)11-10-19/h3-9,12H,10-11,13,19H2,1-2H3. The first kappa shape index (κ1) is 14.8. The van der Waals surface area contributed by atoms with E-state index < -0.39 is 0 Å². The molecule has 4 nitrogen and oxygen atoms in total. The van der Waals surface area contributed by atoms with Gasteiger partial charge in [-0.05, 0) is 37.9 Å². The fourth-order valence-electron chi connectivity index (χ4n) is 2.83. The molecule has 1 heterocycles. The van der Waals surface area contributed by atoms with Crippen LogP contribution >= 0.6 is 0 Å². The van der Waals surface area contributed by atoms with Gasteiger partial charge in [0.2, 0.25) is 0 Å². The zero-order valence-electron chi connectivity index (χ0n) is 13.2. The Balaban J connectivity index is 2.11. The summed E-state index contributed by atoms with van der Waals surface area (Å²) in [5, 5.41) is 0. The van der Waals surface area contributed by atoms with Crippen LogP contribution in [0.1, 0.15) is 5.56 Å². The number of nitrogens with zero attached hydrogens (tertiary/aromatic N) is 3. The molecule has 0 aliphatic carbocycles. The van der Waals surface area contributed by atoms with E-state index in [2.05, 4.69) is 60.0 Å². The number of benzene rings is 2. The van der Waals surface area contributed by atoms with Gasteiger partial charge in [-0.25, -0.2) is 4.98 Å². The number of imidazole rings is 1. The van der Waals surface area contributed by atoms with Crippen molar-refractivity contribution in [2.24, 2.45) is 5.73 Å². The highest BCUT2D eigenvalue weighted by atomic mass is 15.1. The predicted molar refractivity (Wildman–Crippen MR) is 91.6 cm³/mol. The Morgan fingerprint density at radius 3 is 2.68 bits per heavy atom. The number of aromatic nitrogens is 2. The number of para-hydroxylation sites is 2. The van der Waals surface area contributed by atoms with Gasteiger partial charge in [-0.15, -0.1) is 0 Å². The highest BCUT2D eigenvalue weighted by Gasteiger charge is 2.12. The van der Waals surface area contributed by atoms with Gasteiger partial charge in [-0.2, -0.15) is 0 Å². The highest BCUT2D eigenvalue weighted by molar-refractivity contribution is 5.80. The number of fused-ring (bicyclic) bond motifs is 1. The van der Waals surface area contributed by atoms with Gasteiger partial charge in [0.15, 0.2) is 0 Å². The minimum atomic E-state index is 0.602. The van der Waals surface area contributed by atoms with Crippen molar-refractivity contribution in [1.29, 1.82) is 0 Å². The molecule has 3 aromatic rings. The van der Waals surface area contributed by atoms with E-state index >= 15 is 0 Å². The van der Waals surface area contributed by atoms with Gasteiger partial charge in [0.1, 0.15) is 5.82 Å². The molecule has 22 heavy (non-hydrogen) atoms. The third-order valence-electron chi connectivity index (χ3n) is 3.69. The second-order valence-corrected chi connectivity index (χ2v) is 5.80. The average Bonchev–Trinajstić information content (AvgIpc) is 2.86. The summed E-state index contributed by atoms with van der Waals surface area (Å²) in [6.45, 7) is 2.30. The summed E-state index contributed by atoms with van der Waals surface area (Å²) in [6, 6.07) is 16.8. The second-order valence-electron chi connectivity index (χ2n) is 5.80. The summed E-state index contributed by atoms with van der Waals surface area (Å²) < 4.78 is 2.21. The summed E-state index contributed by atoms with van der Waals surface area (Å²) in [5.74, 6) is 0.993. The van der Waals surface area contributed by atoms with Crippen LogP contribution in [0.25, 0.3) is 22.4 Å². The molecule has 3 rings (SSSR count). The fourth-order valence-corrected chi connectivity index (χ4v) is 2.83. The quantitative estimate of drug-likeness (QED) is 0.787. The molecule has 0 atom stereocenters. The first-order valence-electron chi connectivity index (χ1n) is 7.58. The van der Waals surface area contributed by atoms with Crippen LogP contribution in [-0.4, -0.2) is 35.1 Å². The first-order valence-corrected chi connectivity index (χ1v) is 7.58. The minimum Gasteiger partial charge on any atom is -0.329 e. The van der Waals surface area contributed by atoms with Crippen LogP contribution in [0.2, 0.25) is 0 Å². The number of hydrogen-bond donors (Lipinski definition) is 1. The zero-order chi connectivity index (χ0) is 15.5.